The van der Waals surface area contributed by atoms with Crippen LogP contribution in [0.25, 0.3) is 16.3 Å². The molecule has 0 radical (unpaired) electrons. The molecular weight excluding hydrogens is 422 g/mol. The summed E-state index contributed by atoms with van der Waals surface area (Å²) in [6.07, 6.45) is 0. The van der Waals surface area contributed by atoms with Gasteiger partial charge in [-0.25, -0.2) is 4.98 Å². The zero-order chi connectivity index (χ0) is 19.5. The van der Waals surface area contributed by atoms with Crippen molar-refractivity contribution in [1.29, 1.82) is 0 Å². The van der Waals surface area contributed by atoms with Crippen molar-refractivity contribution in [1.82, 2.24) is 19.7 Å². The molecule has 1 aromatic carbocycles. The lowest BCUT2D eigenvalue weighted by Crippen LogP contribution is -2.37. The number of anilines is 1. The number of aromatic nitrogens is 4. The number of para-hydroxylation sites is 1. The maximum absolute atomic E-state index is 5.50. The van der Waals surface area contributed by atoms with Crippen LogP contribution in [0.3, 0.4) is 0 Å². The molecule has 9 heteroatoms. The van der Waals surface area contributed by atoms with Crippen molar-refractivity contribution in [3.05, 3.63) is 58.2 Å². The Morgan fingerprint density at radius 1 is 1.03 bits per heavy atom. The number of hydrogen-bond acceptors (Lipinski definition) is 8. The van der Waals surface area contributed by atoms with Crippen molar-refractivity contribution in [3.63, 3.8) is 0 Å². The number of ether oxygens (including phenoxy) is 1. The molecule has 0 bridgehead atoms. The minimum Gasteiger partial charge on any atom is -0.378 e. The van der Waals surface area contributed by atoms with Gasteiger partial charge in [0.25, 0.3) is 0 Å². The molecule has 29 heavy (non-hydrogen) atoms. The van der Waals surface area contributed by atoms with Gasteiger partial charge in [-0.1, -0.05) is 30.0 Å². The van der Waals surface area contributed by atoms with Crippen LogP contribution in [0.5, 0.6) is 0 Å². The monoisotopic (exact) mass is 441 g/mol. The van der Waals surface area contributed by atoms with E-state index in [9.17, 15) is 0 Å². The van der Waals surface area contributed by atoms with Gasteiger partial charge in [0.15, 0.2) is 5.16 Å². The molecule has 0 unspecified atom stereocenters. The lowest BCUT2D eigenvalue weighted by Gasteiger charge is -2.27. The molecule has 3 aromatic heterocycles. The van der Waals surface area contributed by atoms with Crippen molar-refractivity contribution in [2.75, 3.05) is 31.2 Å². The van der Waals surface area contributed by atoms with Crippen LogP contribution in [0.2, 0.25) is 0 Å². The van der Waals surface area contributed by atoms with Gasteiger partial charge in [-0.2, -0.15) is 11.3 Å². The molecule has 1 saturated heterocycles. The van der Waals surface area contributed by atoms with Gasteiger partial charge in [0.05, 0.1) is 24.6 Å². The third kappa shape index (κ3) is 4.09. The second-order valence-electron chi connectivity index (χ2n) is 6.50. The van der Waals surface area contributed by atoms with E-state index < -0.39 is 0 Å². The largest absolute Gasteiger partial charge is 0.378 e. The van der Waals surface area contributed by atoms with Crippen molar-refractivity contribution < 1.29 is 4.74 Å². The molecule has 0 atom stereocenters. The summed E-state index contributed by atoms with van der Waals surface area (Å²) in [5.41, 5.74) is 3.33. The predicted molar refractivity (Wildman–Crippen MR) is 119 cm³/mol. The van der Waals surface area contributed by atoms with Crippen LogP contribution in [0.1, 0.15) is 5.69 Å². The molecule has 0 amide bonds. The Labute approximate surface area is 181 Å². The summed E-state index contributed by atoms with van der Waals surface area (Å²) < 4.78 is 7.64. The van der Waals surface area contributed by atoms with Crippen LogP contribution < -0.4 is 4.90 Å². The maximum atomic E-state index is 5.50. The van der Waals surface area contributed by atoms with E-state index in [0.717, 1.165) is 46.3 Å². The zero-order valence-electron chi connectivity index (χ0n) is 15.6. The van der Waals surface area contributed by atoms with E-state index in [1.165, 1.54) is 5.56 Å². The average Bonchev–Trinajstić information content (AvgIpc) is 3.54. The summed E-state index contributed by atoms with van der Waals surface area (Å²) in [7, 11) is 0. The molecule has 0 N–H and O–H groups in total. The van der Waals surface area contributed by atoms with Crippen LogP contribution >= 0.6 is 34.4 Å². The summed E-state index contributed by atoms with van der Waals surface area (Å²) in [5, 5.41) is 17.3. The van der Waals surface area contributed by atoms with Gasteiger partial charge in [0, 0.05) is 35.2 Å². The lowest BCUT2D eigenvalue weighted by atomic mass is 10.3. The van der Waals surface area contributed by atoms with Crippen molar-refractivity contribution in [3.8, 4) is 16.3 Å². The Morgan fingerprint density at radius 3 is 2.69 bits per heavy atom. The van der Waals surface area contributed by atoms with E-state index in [1.807, 2.05) is 18.2 Å². The minimum absolute atomic E-state index is 0.717. The van der Waals surface area contributed by atoms with Crippen LogP contribution in [-0.2, 0) is 10.5 Å². The summed E-state index contributed by atoms with van der Waals surface area (Å²) in [6.45, 7) is 3.08. The first-order valence-corrected chi connectivity index (χ1v) is 12.1. The second kappa shape index (κ2) is 8.66. The van der Waals surface area contributed by atoms with Gasteiger partial charge in [-0.05, 0) is 23.6 Å². The van der Waals surface area contributed by atoms with E-state index >= 15 is 0 Å². The van der Waals surface area contributed by atoms with Gasteiger partial charge in [-0.3, -0.25) is 4.57 Å². The normalized spacial score (nSPS) is 14.4. The summed E-state index contributed by atoms with van der Waals surface area (Å²) >= 11 is 5.05. The Kier molecular flexibility index (Phi) is 5.62. The number of hydrogen-bond donors (Lipinski definition) is 0. The fourth-order valence-corrected chi connectivity index (χ4v) is 5.63. The average molecular weight is 442 g/mol. The number of thiazole rings is 1. The zero-order valence-corrected chi connectivity index (χ0v) is 18.1. The van der Waals surface area contributed by atoms with Crippen molar-refractivity contribution >= 4 is 40.4 Å². The minimum atomic E-state index is 0.717. The third-order valence-corrected chi connectivity index (χ3v) is 7.18. The smallest absolute Gasteiger partial charge is 0.232 e. The highest BCUT2D eigenvalue weighted by molar-refractivity contribution is 7.98. The molecule has 0 spiro atoms. The number of rotatable bonds is 6. The highest BCUT2D eigenvalue weighted by atomic mass is 32.2. The Hall–Kier alpha value is -2.20. The standard InChI is InChI=1S/C20H19N5OS3/c1-2-4-17(5-3-1)25-19(24-7-9-26-10-8-24)22-23-20(25)29-14-16-13-28-18(21-16)15-6-11-27-12-15/h1-6,11-13H,7-10,14H2. The molecule has 1 fully saturated rings. The summed E-state index contributed by atoms with van der Waals surface area (Å²) in [5.74, 6) is 1.63. The molecule has 1 aliphatic heterocycles. The number of benzene rings is 1. The van der Waals surface area contributed by atoms with Crippen molar-refractivity contribution in [2.24, 2.45) is 0 Å². The molecule has 4 heterocycles. The molecule has 4 aromatic rings. The first-order valence-electron chi connectivity index (χ1n) is 9.32. The fraction of sp³-hybridized carbons (Fsp3) is 0.250. The lowest BCUT2D eigenvalue weighted by molar-refractivity contribution is 0.122. The Morgan fingerprint density at radius 2 is 1.90 bits per heavy atom. The molecule has 0 saturated carbocycles. The van der Waals surface area contributed by atoms with Gasteiger partial charge in [0.2, 0.25) is 5.95 Å². The third-order valence-electron chi connectivity index (χ3n) is 4.59. The molecule has 5 rings (SSSR count). The van der Waals surface area contributed by atoms with Crippen molar-refractivity contribution in [2.45, 2.75) is 10.9 Å². The predicted octanol–water partition coefficient (Wildman–Crippen LogP) is 4.58. The van der Waals surface area contributed by atoms with E-state index in [1.54, 1.807) is 34.4 Å². The van der Waals surface area contributed by atoms with Gasteiger partial charge in [0.1, 0.15) is 5.01 Å². The number of thioether (sulfide) groups is 1. The van der Waals surface area contributed by atoms with Gasteiger partial charge >= 0.3 is 0 Å². The Bertz CT molecular complexity index is 1060. The van der Waals surface area contributed by atoms with E-state index in [0.29, 0.717) is 13.2 Å². The van der Waals surface area contributed by atoms with Gasteiger partial charge < -0.3 is 9.64 Å². The number of thiophene rings is 1. The first-order chi connectivity index (χ1) is 14.4. The molecule has 1 aliphatic rings. The maximum Gasteiger partial charge on any atom is 0.232 e. The summed E-state index contributed by atoms with van der Waals surface area (Å²) in [6, 6.07) is 12.4. The van der Waals surface area contributed by atoms with Crippen LogP contribution in [0.15, 0.2) is 57.7 Å². The molecule has 148 valence electrons. The van der Waals surface area contributed by atoms with E-state index in [2.05, 4.69) is 54.0 Å². The molecule has 0 aliphatic carbocycles. The molecule has 6 nitrogen and oxygen atoms in total. The van der Waals surface area contributed by atoms with Crippen LogP contribution in [-0.4, -0.2) is 46.1 Å². The fourth-order valence-electron chi connectivity index (χ4n) is 3.16. The van der Waals surface area contributed by atoms with Gasteiger partial charge in [-0.15, -0.1) is 21.5 Å². The van der Waals surface area contributed by atoms with Crippen LogP contribution in [0, 0.1) is 0 Å². The molecular formula is C20H19N5OS3. The topological polar surface area (TPSA) is 56.1 Å². The second-order valence-corrected chi connectivity index (χ2v) is 9.08. The first kappa shape index (κ1) is 18.8. The SMILES string of the molecule is c1ccc(-n2c(SCc3csc(-c4ccsc4)n3)nnc2N2CCOCC2)cc1. The highest BCUT2D eigenvalue weighted by Crippen LogP contribution is 2.31. The van der Waals surface area contributed by atoms with E-state index in [4.69, 9.17) is 9.72 Å². The number of morpholine rings is 1. The Balaban J connectivity index is 1.40. The van der Waals surface area contributed by atoms with Crippen LogP contribution in [0.4, 0.5) is 5.95 Å². The number of nitrogens with zero attached hydrogens (tertiary/aromatic N) is 5. The summed E-state index contributed by atoms with van der Waals surface area (Å²) in [4.78, 5) is 7.03. The quantitative estimate of drug-likeness (QED) is 0.408. The van der Waals surface area contributed by atoms with E-state index in [-0.39, 0.29) is 0 Å². The highest BCUT2D eigenvalue weighted by Gasteiger charge is 2.22.